The number of nitrogens with one attached hydrogen (secondary N) is 1. The molecule has 0 unspecified atom stereocenters. The Morgan fingerprint density at radius 3 is 2.83 bits per heavy atom. The summed E-state index contributed by atoms with van der Waals surface area (Å²) in [7, 11) is 2.18. The number of aromatic nitrogens is 1. The Hall–Kier alpha value is -1.55. The normalized spacial score (nSPS) is 20.6. The maximum absolute atomic E-state index is 5.59. The molecule has 0 bridgehead atoms. The first-order valence-electron chi connectivity index (χ1n) is 6.42. The van der Waals surface area contributed by atoms with Crippen LogP contribution in [0.2, 0.25) is 0 Å². The Balaban J connectivity index is 2.32. The Morgan fingerprint density at radius 1 is 1.56 bits per heavy atom. The first-order chi connectivity index (χ1) is 8.58. The molecule has 0 saturated carbocycles. The van der Waals surface area contributed by atoms with E-state index in [-0.39, 0.29) is 0 Å². The molecule has 4 heteroatoms. The molecule has 1 aromatic heterocycles. The summed E-state index contributed by atoms with van der Waals surface area (Å²) < 4.78 is 0. The minimum atomic E-state index is 0.574. The summed E-state index contributed by atoms with van der Waals surface area (Å²) in [6, 6.07) is 0. The minimum absolute atomic E-state index is 0.574. The van der Waals surface area contributed by atoms with Crippen LogP contribution in [0, 0.1) is 0 Å². The number of rotatable bonds is 2. The SMILES string of the molecule is C=c1[nH]cc(C2CCN(C)CC2)/c1=C/N=C(C)N. The molecule has 0 radical (unpaired) electrons. The summed E-state index contributed by atoms with van der Waals surface area (Å²) in [6.45, 7) is 8.12. The summed E-state index contributed by atoms with van der Waals surface area (Å²) in [4.78, 5) is 9.78. The molecule has 1 aliphatic heterocycles. The highest BCUT2D eigenvalue weighted by Crippen LogP contribution is 2.24. The molecule has 1 saturated heterocycles. The maximum Gasteiger partial charge on any atom is 0.0957 e. The molecule has 1 aliphatic rings. The summed E-state index contributed by atoms with van der Waals surface area (Å²) >= 11 is 0. The lowest BCUT2D eigenvalue weighted by Crippen LogP contribution is -2.32. The molecule has 1 fully saturated rings. The zero-order valence-corrected chi connectivity index (χ0v) is 11.2. The van der Waals surface area contributed by atoms with E-state index in [9.17, 15) is 0 Å². The Labute approximate surface area is 108 Å². The van der Waals surface area contributed by atoms with Crippen molar-refractivity contribution < 1.29 is 0 Å². The number of aliphatic imine (C=N–C) groups is 1. The zero-order chi connectivity index (χ0) is 13.1. The van der Waals surface area contributed by atoms with E-state index in [1.807, 2.05) is 6.20 Å². The second kappa shape index (κ2) is 5.40. The predicted molar refractivity (Wildman–Crippen MR) is 76.8 cm³/mol. The van der Waals surface area contributed by atoms with E-state index in [4.69, 9.17) is 5.73 Å². The van der Waals surface area contributed by atoms with Crippen LogP contribution in [0.4, 0.5) is 0 Å². The zero-order valence-electron chi connectivity index (χ0n) is 11.2. The van der Waals surface area contributed by atoms with Crippen molar-refractivity contribution in [1.82, 2.24) is 9.88 Å². The van der Waals surface area contributed by atoms with Crippen molar-refractivity contribution in [2.75, 3.05) is 20.1 Å². The van der Waals surface area contributed by atoms with Crippen molar-refractivity contribution in [1.29, 1.82) is 0 Å². The van der Waals surface area contributed by atoms with E-state index in [1.165, 1.54) is 18.4 Å². The second-order valence-corrected chi connectivity index (χ2v) is 5.11. The van der Waals surface area contributed by atoms with Crippen LogP contribution in [0.15, 0.2) is 11.2 Å². The number of likely N-dealkylation sites (tertiary alicyclic amines) is 1. The summed E-state index contributed by atoms with van der Waals surface area (Å²) in [5, 5.41) is 2.03. The van der Waals surface area contributed by atoms with Crippen LogP contribution in [0.3, 0.4) is 0 Å². The van der Waals surface area contributed by atoms with Gasteiger partial charge < -0.3 is 15.6 Å². The van der Waals surface area contributed by atoms with Gasteiger partial charge in [0.05, 0.1) is 5.84 Å². The van der Waals surface area contributed by atoms with Crippen molar-refractivity contribution in [3.8, 4) is 0 Å². The van der Waals surface area contributed by atoms with Crippen LogP contribution in [-0.2, 0) is 0 Å². The molecule has 0 aromatic carbocycles. The lowest BCUT2D eigenvalue weighted by molar-refractivity contribution is 0.255. The minimum Gasteiger partial charge on any atom is -0.387 e. The highest BCUT2D eigenvalue weighted by Gasteiger charge is 2.19. The highest BCUT2D eigenvalue weighted by molar-refractivity contribution is 5.79. The molecule has 0 spiro atoms. The first-order valence-corrected chi connectivity index (χ1v) is 6.42. The number of piperidine rings is 1. The molecule has 0 aliphatic carbocycles. The van der Waals surface area contributed by atoms with Gasteiger partial charge in [-0.1, -0.05) is 6.58 Å². The quantitative estimate of drug-likeness (QED) is 0.584. The summed E-state index contributed by atoms with van der Waals surface area (Å²) in [6.07, 6.45) is 6.30. The van der Waals surface area contributed by atoms with Gasteiger partial charge in [0.1, 0.15) is 0 Å². The molecule has 4 nitrogen and oxygen atoms in total. The number of nitrogens with zero attached hydrogens (tertiary/aromatic N) is 2. The van der Waals surface area contributed by atoms with E-state index in [0.29, 0.717) is 11.8 Å². The van der Waals surface area contributed by atoms with Gasteiger partial charge in [-0.15, -0.1) is 0 Å². The van der Waals surface area contributed by atoms with E-state index < -0.39 is 0 Å². The Morgan fingerprint density at radius 2 is 2.22 bits per heavy atom. The average molecular weight is 246 g/mol. The monoisotopic (exact) mass is 246 g/mol. The van der Waals surface area contributed by atoms with Crippen molar-refractivity contribution in [2.24, 2.45) is 10.7 Å². The lowest BCUT2D eigenvalue weighted by atomic mass is 9.90. The van der Waals surface area contributed by atoms with Crippen LogP contribution >= 0.6 is 0 Å². The summed E-state index contributed by atoms with van der Waals surface area (Å²) in [5.74, 6) is 1.18. The molecule has 3 N–H and O–H groups in total. The van der Waals surface area contributed by atoms with E-state index in [2.05, 4.69) is 34.7 Å². The van der Waals surface area contributed by atoms with Gasteiger partial charge in [0.15, 0.2) is 0 Å². The third-order valence-electron chi connectivity index (χ3n) is 3.59. The third-order valence-corrected chi connectivity index (χ3v) is 3.59. The van der Waals surface area contributed by atoms with Crippen LogP contribution in [0.5, 0.6) is 0 Å². The predicted octanol–water partition coefficient (Wildman–Crippen LogP) is 0.349. The number of nitrogens with two attached hydrogens (primary N) is 1. The standard InChI is InChI=1S/C14H22N4/c1-10-13(8-17-11(2)15)14(9-16-10)12-4-6-18(3)7-5-12/h8-9,12,16H,1,4-7H2,2-3H3,(H2,15,17)/b13-8+. The fourth-order valence-corrected chi connectivity index (χ4v) is 2.47. The summed E-state index contributed by atoms with van der Waals surface area (Å²) in [5.41, 5.74) is 6.92. The van der Waals surface area contributed by atoms with Crippen molar-refractivity contribution in [2.45, 2.75) is 25.7 Å². The van der Waals surface area contributed by atoms with Crippen molar-refractivity contribution in [3.63, 3.8) is 0 Å². The van der Waals surface area contributed by atoms with Gasteiger partial charge in [-0.25, -0.2) is 4.99 Å². The van der Waals surface area contributed by atoms with Gasteiger partial charge in [-0.05, 0) is 51.4 Å². The number of hydrogen-bond acceptors (Lipinski definition) is 2. The molecule has 1 aromatic rings. The van der Waals surface area contributed by atoms with Crippen LogP contribution < -0.4 is 16.3 Å². The Kier molecular flexibility index (Phi) is 3.87. The van der Waals surface area contributed by atoms with Gasteiger partial charge in [-0.3, -0.25) is 0 Å². The molecule has 18 heavy (non-hydrogen) atoms. The molecule has 2 rings (SSSR count). The first kappa shape index (κ1) is 12.9. The number of amidine groups is 1. The molecule has 0 amide bonds. The number of hydrogen-bond donors (Lipinski definition) is 2. The van der Waals surface area contributed by atoms with Crippen molar-refractivity contribution in [3.05, 3.63) is 22.3 Å². The van der Waals surface area contributed by atoms with Gasteiger partial charge >= 0.3 is 0 Å². The van der Waals surface area contributed by atoms with Gasteiger partial charge in [0, 0.05) is 23.0 Å². The van der Waals surface area contributed by atoms with Crippen LogP contribution in [0.25, 0.3) is 12.8 Å². The van der Waals surface area contributed by atoms with E-state index >= 15 is 0 Å². The molecule has 2 heterocycles. The van der Waals surface area contributed by atoms with Crippen molar-refractivity contribution >= 4 is 18.6 Å². The maximum atomic E-state index is 5.59. The lowest BCUT2D eigenvalue weighted by Gasteiger charge is -2.28. The third kappa shape index (κ3) is 2.82. The fourth-order valence-electron chi connectivity index (χ4n) is 2.47. The average Bonchev–Trinajstić information content (AvgIpc) is 2.69. The largest absolute Gasteiger partial charge is 0.387 e. The highest BCUT2D eigenvalue weighted by atomic mass is 15.1. The second-order valence-electron chi connectivity index (χ2n) is 5.11. The fraction of sp³-hybridized carbons (Fsp3) is 0.500. The van der Waals surface area contributed by atoms with Crippen LogP contribution in [-0.4, -0.2) is 35.9 Å². The van der Waals surface area contributed by atoms with Gasteiger partial charge in [-0.2, -0.15) is 0 Å². The topological polar surface area (TPSA) is 57.4 Å². The molecule has 98 valence electrons. The van der Waals surface area contributed by atoms with E-state index in [0.717, 1.165) is 23.7 Å². The van der Waals surface area contributed by atoms with Gasteiger partial charge in [0.2, 0.25) is 0 Å². The number of H-pyrrole nitrogens is 1. The molecular weight excluding hydrogens is 224 g/mol. The Bertz CT molecular complexity index is 529. The molecule has 0 atom stereocenters. The van der Waals surface area contributed by atoms with Gasteiger partial charge in [0.25, 0.3) is 0 Å². The van der Waals surface area contributed by atoms with E-state index in [1.54, 1.807) is 6.92 Å². The van der Waals surface area contributed by atoms with Crippen LogP contribution in [0.1, 0.15) is 31.2 Å². The smallest absolute Gasteiger partial charge is 0.0957 e. The molecular formula is C14H22N4. The number of aromatic amines is 1.